The first-order valence-electron chi connectivity index (χ1n) is 5.86. The van der Waals surface area contributed by atoms with E-state index < -0.39 is 11.9 Å². The molecule has 0 aliphatic heterocycles. The Morgan fingerprint density at radius 2 is 2.28 bits per heavy atom. The molecule has 0 saturated carbocycles. The zero-order valence-corrected chi connectivity index (χ0v) is 10.7. The van der Waals surface area contributed by atoms with Crippen LogP contribution < -0.4 is 11.1 Å². The van der Waals surface area contributed by atoms with Crippen LogP contribution >= 0.6 is 0 Å². The van der Waals surface area contributed by atoms with Gasteiger partial charge < -0.3 is 15.8 Å². The second-order valence-electron chi connectivity index (χ2n) is 4.16. The van der Waals surface area contributed by atoms with Gasteiger partial charge in [-0.2, -0.15) is 0 Å². The van der Waals surface area contributed by atoms with E-state index in [2.05, 4.69) is 5.32 Å². The van der Waals surface area contributed by atoms with Gasteiger partial charge in [0, 0.05) is 13.7 Å². The minimum absolute atomic E-state index is 0.199. The van der Waals surface area contributed by atoms with Gasteiger partial charge in [-0.05, 0) is 31.4 Å². The van der Waals surface area contributed by atoms with E-state index in [9.17, 15) is 9.18 Å². The number of methoxy groups -OCH3 is 1. The van der Waals surface area contributed by atoms with Crippen molar-refractivity contribution < 1.29 is 13.9 Å². The number of carbonyl (C=O) groups is 1. The van der Waals surface area contributed by atoms with E-state index in [4.69, 9.17) is 10.5 Å². The average molecular weight is 254 g/mol. The summed E-state index contributed by atoms with van der Waals surface area (Å²) >= 11 is 0. The van der Waals surface area contributed by atoms with Gasteiger partial charge in [0.25, 0.3) is 0 Å². The van der Waals surface area contributed by atoms with Crippen LogP contribution in [0, 0.1) is 12.7 Å². The standard InChI is InChI=1S/C13H19FN2O2/c1-9-5-3-6-10(14)12(9)16-13(17)11(15)7-4-8-18-2/h3,5-6,11H,4,7-8,15H2,1-2H3,(H,16,17). The Balaban J connectivity index is 2.58. The Morgan fingerprint density at radius 1 is 1.56 bits per heavy atom. The highest BCUT2D eigenvalue weighted by atomic mass is 19.1. The van der Waals surface area contributed by atoms with Crippen LogP contribution in [-0.4, -0.2) is 25.7 Å². The fourth-order valence-corrected chi connectivity index (χ4v) is 1.58. The Kier molecular flexibility index (Phi) is 5.74. The molecule has 1 aromatic rings. The fourth-order valence-electron chi connectivity index (χ4n) is 1.58. The Labute approximate surface area is 106 Å². The zero-order valence-electron chi connectivity index (χ0n) is 10.7. The average Bonchev–Trinajstić information content (AvgIpc) is 2.34. The molecule has 0 fully saturated rings. The molecule has 1 rings (SSSR count). The van der Waals surface area contributed by atoms with E-state index in [0.29, 0.717) is 25.0 Å². The van der Waals surface area contributed by atoms with E-state index in [1.54, 1.807) is 26.2 Å². The zero-order chi connectivity index (χ0) is 13.5. The Hall–Kier alpha value is -1.46. The second kappa shape index (κ2) is 7.08. The van der Waals surface area contributed by atoms with Crippen molar-refractivity contribution in [2.24, 2.45) is 5.73 Å². The van der Waals surface area contributed by atoms with Gasteiger partial charge >= 0.3 is 0 Å². The number of hydrogen-bond donors (Lipinski definition) is 2. The third-order valence-corrected chi connectivity index (χ3v) is 2.67. The summed E-state index contributed by atoms with van der Waals surface area (Å²) in [6.07, 6.45) is 1.20. The molecular weight excluding hydrogens is 235 g/mol. The van der Waals surface area contributed by atoms with E-state index in [-0.39, 0.29) is 11.6 Å². The van der Waals surface area contributed by atoms with Gasteiger partial charge in [0.1, 0.15) is 5.82 Å². The summed E-state index contributed by atoms with van der Waals surface area (Å²) < 4.78 is 18.4. The third kappa shape index (κ3) is 4.09. The lowest BCUT2D eigenvalue weighted by molar-refractivity contribution is -0.117. The molecule has 0 radical (unpaired) electrons. The number of anilines is 1. The normalized spacial score (nSPS) is 12.2. The smallest absolute Gasteiger partial charge is 0.241 e. The summed E-state index contributed by atoms with van der Waals surface area (Å²) in [7, 11) is 1.59. The lowest BCUT2D eigenvalue weighted by Crippen LogP contribution is -2.36. The summed E-state index contributed by atoms with van der Waals surface area (Å²) in [5.74, 6) is -0.827. The van der Waals surface area contributed by atoms with Crippen LogP contribution in [0.1, 0.15) is 18.4 Å². The summed E-state index contributed by atoms with van der Waals surface area (Å²) in [5, 5.41) is 2.53. The number of amides is 1. The van der Waals surface area contributed by atoms with E-state index in [1.165, 1.54) is 6.07 Å². The van der Waals surface area contributed by atoms with Crippen LogP contribution in [0.5, 0.6) is 0 Å². The van der Waals surface area contributed by atoms with Crippen molar-refractivity contribution in [2.45, 2.75) is 25.8 Å². The van der Waals surface area contributed by atoms with Crippen LogP contribution in [0.3, 0.4) is 0 Å². The quantitative estimate of drug-likeness (QED) is 0.761. The van der Waals surface area contributed by atoms with Crippen LogP contribution in [0.2, 0.25) is 0 Å². The monoisotopic (exact) mass is 254 g/mol. The predicted octanol–water partition coefficient (Wildman–Crippen LogP) is 1.83. The number of hydrogen-bond acceptors (Lipinski definition) is 3. The van der Waals surface area contributed by atoms with E-state index in [1.807, 2.05) is 0 Å². The molecule has 18 heavy (non-hydrogen) atoms. The maximum atomic E-state index is 13.5. The van der Waals surface area contributed by atoms with Crippen LogP contribution in [0.4, 0.5) is 10.1 Å². The predicted molar refractivity (Wildman–Crippen MR) is 68.9 cm³/mol. The number of halogens is 1. The van der Waals surface area contributed by atoms with Crippen molar-refractivity contribution in [2.75, 3.05) is 19.0 Å². The number of para-hydroxylation sites is 1. The minimum atomic E-state index is -0.654. The summed E-state index contributed by atoms with van der Waals surface area (Å²) in [5.41, 5.74) is 6.59. The molecule has 1 aromatic carbocycles. The first-order valence-corrected chi connectivity index (χ1v) is 5.86. The first-order chi connectivity index (χ1) is 8.56. The second-order valence-corrected chi connectivity index (χ2v) is 4.16. The van der Waals surface area contributed by atoms with Crippen molar-refractivity contribution in [3.05, 3.63) is 29.6 Å². The van der Waals surface area contributed by atoms with Gasteiger partial charge in [-0.15, -0.1) is 0 Å². The van der Waals surface area contributed by atoms with Crippen molar-refractivity contribution in [3.8, 4) is 0 Å². The van der Waals surface area contributed by atoms with Crippen molar-refractivity contribution in [1.82, 2.24) is 0 Å². The third-order valence-electron chi connectivity index (χ3n) is 2.67. The SMILES string of the molecule is COCCCC(N)C(=O)Nc1c(C)cccc1F. The molecule has 1 amide bonds. The van der Waals surface area contributed by atoms with E-state index >= 15 is 0 Å². The molecule has 100 valence electrons. The van der Waals surface area contributed by atoms with Gasteiger partial charge in [-0.1, -0.05) is 12.1 Å². The summed E-state index contributed by atoms with van der Waals surface area (Å²) in [6, 6.07) is 3.98. The maximum Gasteiger partial charge on any atom is 0.241 e. The highest BCUT2D eigenvalue weighted by Crippen LogP contribution is 2.18. The van der Waals surface area contributed by atoms with E-state index in [0.717, 1.165) is 0 Å². The van der Waals surface area contributed by atoms with Crippen LogP contribution in [0.15, 0.2) is 18.2 Å². The maximum absolute atomic E-state index is 13.5. The molecule has 0 aromatic heterocycles. The first kappa shape index (κ1) is 14.6. The van der Waals surface area contributed by atoms with Crippen molar-refractivity contribution >= 4 is 11.6 Å². The molecule has 0 aliphatic carbocycles. The lowest BCUT2D eigenvalue weighted by atomic mass is 10.1. The van der Waals surface area contributed by atoms with Crippen LogP contribution in [-0.2, 0) is 9.53 Å². The molecule has 0 heterocycles. The molecule has 0 bridgehead atoms. The fraction of sp³-hybridized carbons (Fsp3) is 0.462. The lowest BCUT2D eigenvalue weighted by Gasteiger charge is -2.14. The highest BCUT2D eigenvalue weighted by molar-refractivity contribution is 5.95. The molecule has 0 aliphatic rings. The molecule has 0 saturated heterocycles. The number of rotatable bonds is 6. The number of nitrogens with one attached hydrogen (secondary N) is 1. The Bertz CT molecular complexity index is 390. The molecule has 4 nitrogen and oxygen atoms in total. The minimum Gasteiger partial charge on any atom is -0.385 e. The largest absolute Gasteiger partial charge is 0.385 e. The van der Waals surface area contributed by atoms with Crippen molar-refractivity contribution in [1.29, 1.82) is 0 Å². The number of carbonyl (C=O) groups excluding carboxylic acids is 1. The molecule has 0 spiro atoms. The van der Waals surface area contributed by atoms with Gasteiger partial charge in [0.15, 0.2) is 0 Å². The highest BCUT2D eigenvalue weighted by Gasteiger charge is 2.15. The molecule has 1 atom stereocenters. The summed E-state index contributed by atoms with van der Waals surface area (Å²) in [6.45, 7) is 2.29. The van der Waals surface area contributed by atoms with Gasteiger partial charge in [-0.25, -0.2) is 4.39 Å². The van der Waals surface area contributed by atoms with Gasteiger partial charge in [0.05, 0.1) is 11.7 Å². The molecular formula is C13H19FN2O2. The summed E-state index contributed by atoms with van der Waals surface area (Å²) in [4.78, 5) is 11.8. The Morgan fingerprint density at radius 3 is 2.89 bits per heavy atom. The number of aryl methyl sites for hydroxylation is 1. The van der Waals surface area contributed by atoms with Gasteiger partial charge in [0.2, 0.25) is 5.91 Å². The van der Waals surface area contributed by atoms with Crippen molar-refractivity contribution in [3.63, 3.8) is 0 Å². The number of ether oxygens (including phenoxy) is 1. The number of benzene rings is 1. The van der Waals surface area contributed by atoms with Gasteiger partial charge in [-0.3, -0.25) is 4.79 Å². The molecule has 1 unspecified atom stereocenters. The molecule has 5 heteroatoms. The van der Waals surface area contributed by atoms with Crippen LogP contribution in [0.25, 0.3) is 0 Å². The topological polar surface area (TPSA) is 64.3 Å². The number of nitrogens with two attached hydrogens (primary N) is 1. The molecule has 3 N–H and O–H groups in total.